The Bertz CT molecular complexity index is 1100. The molecule has 3 aromatic rings. The molecular formula is C25H29N3O4. The number of hydrogen-bond donors (Lipinski definition) is 1. The van der Waals surface area contributed by atoms with E-state index in [0.717, 1.165) is 22.5 Å². The fourth-order valence-electron chi connectivity index (χ4n) is 3.39. The highest BCUT2D eigenvalue weighted by atomic mass is 16.6. The third-order valence-corrected chi connectivity index (χ3v) is 5.06. The molecule has 7 heteroatoms. The van der Waals surface area contributed by atoms with Gasteiger partial charge < -0.3 is 14.8 Å². The smallest absolute Gasteiger partial charge is 0.344 e. The number of rotatable bonds is 8. The molecule has 0 aliphatic heterocycles. The summed E-state index contributed by atoms with van der Waals surface area (Å²) in [5.41, 5.74) is 5.02. The third-order valence-electron chi connectivity index (χ3n) is 5.06. The Balaban J connectivity index is 1.55. The molecule has 7 nitrogen and oxygen atoms in total. The van der Waals surface area contributed by atoms with Gasteiger partial charge in [0, 0.05) is 0 Å². The standard InChI is InChI=1S/C25H29N3O4/c1-16(2)21-12-11-17(3)13-22(21)31-15-24(30)32-14-23(29)26-25-18(4)27-28(19(25)5)20-9-7-6-8-10-20/h6-13,16H,14-15H2,1-5H3,(H,26,29). The van der Waals surface area contributed by atoms with Crippen molar-refractivity contribution in [1.29, 1.82) is 0 Å². The van der Waals surface area contributed by atoms with Crippen LogP contribution in [0.2, 0.25) is 0 Å². The molecule has 0 fully saturated rings. The van der Waals surface area contributed by atoms with E-state index in [1.165, 1.54) is 0 Å². The maximum absolute atomic E-state index is 12.4. The van der Waals surface area contributed by atoms with Crippen LogP contribution in [0.3, 0.4) is 0 Å². The van der Waals surface area contributed by atoms with Gasteiger partial charge in [0.1, 0.15) is 5.75 Å². The van der Waals surface area contributed by atoms with Gasteiger partial charge in [0.25, 0.3) is 5.91 Å². The Morgan fingerprint density at radius 2 is 1.75 bits per heavy atom. The molecule has 1 amide bonds. The highest BCUT2D eigenvalue weighted by Crippen LogP contribution is 2.27. The Morgan fingerprint density at radius 1 is 1.03 bits per heavy atom. The summed E-state index contributed by atoms with van der Waals surface area (Å²) in [6.45, 7) is 9.10. The Kier molecular flexibility index (Phi) is 7.30. The fraction of sp³-hybridized carbons (Fsp3) is 0.320. The second-order valence-electron chi connectivity index (χ2n) is 7.99. The van der Waals surface area contributed by atoms with E-state index in [-0.39, 0.29) is 12.5 Å². The molecular weight excluding hydrogens is 406 g/mol. The van der Waals surface area contributed by atoms with Crippen LogP contribution in [0.1, 0.15) is 42.3 Å². The number of amides is 1. The van der Waals surface area contributed by atoms with Crippen LogP contribution in [0.25, 0.3) is 5.69 Å². The number of aromatic nitrogens is 2. The lowest BCUT2D eigenvalue weighted by Crippen LogP contribution is -2.24. The van der Waals surface area contributed by atoms with Crippen molar-refractivity contribution in [2.45, 2.75) is 40.5 Å². The molecule has 32 heavy (non-hydrogen) atoms. The molecule has 3 rings (SSSR count). The number of nitrogens with zero attached hydrogens (tertiary/aromatic N) is 2. The second-order valence-corrected chi connectivity index (χ2v) is 7.99. The second kappa shape index (κ2) is 10.1. The van der Waals surface area contributed by atoms with Gasteiger partial charge >= 0.3 is 5.97 Å². The molecule has 0 bridgehead atoms. The average molecular weight is 436 g/mol. The molecule has 1 heterocycles. The van der Waals surface area contributed by atoms with Gasteiger partial charge in [-0.2, -0.15) is 5.10 Å². The summed E-state index contributed by atoms with van der Waals surface area (Å²) in [4.78, 5) is 24.5. The van der Waals surface area contributed by atoms with Gasteiger partial charge in [-0.15, -0.1) is 0 Å². The Morgan fingerprint density at radius 3 is 2.44 bits per heavy atom. The van der Waals surface area contributed by atoms with E-state index in [1.54, 1.807) is 4.68 Å². The van der Waals surface area contributed by atoms with Crippen molar-refractivity contribution in [3.8, 4) is 11.4 Å². The van der Waals surface area contributed by atoms with Crippen molar-refractivity contribution in [1.82, 2.24) is 9.78 Å². The van der Waals surface area contributed by atoms with Gasteiger partial charge in [0.15, 0.2) is 13.2 Å². The minimum Gasteiger partial charge on any atom is -0.482 e. The molecule has 0 saturated carbocycles. The van der Waals surface area contributed by atoms with Gasteiger partial charge in [-0.05, 0) is 56.0 Å². The summed E-state index contributed by atoms with van der Waals surface area (Å²) in [7, 11) is 0. The largest absolute Gasteiger partial charge is 0.482 e. The number of nitrogens with one attached hydrogen (secondary N) is 1. The number of aryl methyl sites for hydroxylation is 2. The van der Waals surface area contributed by atoms with Gasteiger partial charge in [0.05, 0.1) is 22.8 Å². The molecule has 2 aromatic carbocycles. The molecule has 0 spiro atoms. The van der Waals surface area contributed by atoms with Gasteiger partial charge in [0.2, 0.25) is 0 Å². The van der Waals surface area contributed by atoms with Crippen LogP contribution >= 0.6 is 0 Å². The molecule has 0 saturated heterocycles. The molecule has 0 unspecified atom stereocenters. The lowest BCUT2D eigenvalue weighted by Gasteiger charge is -2.14. The van der Waals surface area contributed by atoms with Crippen molar-refractivity contribution >= 4 is 17.6 Å². The van der Waals surface area contributed by atoms with Crippen molar-refractivity contribution < 1.29 is 19.1 Å². The normalized spacial score (nSPS) is 10.8. The summed E-state index contributed by atoms with van der Waals surface area (Å²) in [6, 6.07) is 15.5. The lowest BCUT2D eigenvalue weighted by molar-refractivity contribution is -0.149. The number of ether oxygens (including phenoxy) is 2. The van der Waals surface area contributed by atoms with Crippen LogP contribution in [0.4, 0.5) is 5.69 Å². The number of hydrogen-bond acceptors (Lipinski definition) is 5. The topological polar surface area (TPSA) is 82.4 Å². The molecule has 0 aliphatic carbocycles. The molecule has 1 aromatic heterocycles. The monoisotopic (exact) mass is 435 g/mol. The SMILES string of the molecule is Cc1ccc(C(C)C)c(OCC(=O)OCC(=O)Nc2c(C)nn(-c3ccccc3)c2C)c1. The quantitative estimate of drug-likeness (QED) is 0.528. The van der Waals surface area contributed by atoms with E-state index in [1.807, 2.05) is 69.3 Å². The average Bonchev–Trinajstić information content (AvgIpc) is 3.05. The zero-order chi connectivity index (χ0) is 23.3. The first-order valence-corrected chi connectivity index (χ1v) is 10.6. The third kappa shape index (κ3) is 5.55. The minimum atomic E-state index is -0.607. The predicted molar refractivity (Wildman–Crippen MR) is 123 cm³/mol. The van der Waals surface area contributed by atoms with E-state index in [0.29, 0.717) is 17.1 Å². The van der Waals surface area contributed by atoms with Gasteiger partial charge in [-0.1, -0.05) is 44.2 Å². The molecule has 0 atom stereocenters. The molecule has 1 N–H and O–H groups in total. The van der Waals surface area contributed by atoms with Crippen LogP contribution in [0.5, 0.6) is 5.75 Å². The first-order valence-electron chi connectivity index (χ1n) is 10.6. The maximum atomic E-state index is 12.4. The molecule has 0 radical (unpaired) electrons. The summed E-state index contributed by atoms with van der Waals surface area (Å²) in [5, 5.41) is 7.28. The highest BCUT2D eigenvalue weighted by Gasteiger charge is 2.17. The van der Waals surface area contributed by atoms with Crippen molar-refractivity contribution in [2.75, 3.05) is 18.5 Å². The number of carbonyl (C=O) groups excluding carboxylic acids is 2. The first kappa shape index (κ1) is 23.1. The number of carbonyl (C=O) groups is 2. The van der Waals surface area contributed by atoms with E-state index < -0.39 is 18.5 Å². The first-order chi connectivity index (χ1) is 15.3. The lowest BCUT2D eigenvalue weighted by atomic mass is 10.0. The maximum Gasteiger partial charge on any atom is 0.344 e. The van der Waals surface area contributed by atoms with Crippen molar-refractivity contribution in [3.05, 3.63) is 71.0 Å². The number of esters is 1. The van der Waals surface area contributed by atoms with E-state index in [2.05, 4.69) is 24.3 Å². The van der Waals surface area contributed by atoms with Crippen LogP contribution in [-0.4, -0.2) is 34.9 Å². The summed E-state index contributed by atoms with van der Waals surface area (Å²) >= 11 is 0. The number of para-hydroxylation sites is 1. The highest BCUT2D eigenvalue weighted by molar-refractivity contribution is 5.94. The molecule has 168 valence electrons. The Hall–Kier alpha value is -3.61. The summed E-state index contributed by atoms with van der Waals surface area (Å²) < 4.78 is 12.5. The van der Waals surface area contributed by atoms with Crippen molar-refractivity contribution in [2.24, 2.45) is 0 Å². The van der Waals surface area contributed by atoms with Gasteiger partial charge in [-0.3, -0.25) is 4.79 Å². The summed E-state index contributed by atoms with van der Waals surface area (Å²) in [6.07, 6.45) is 0. The number of anilines is 1. The van der Waals surface area contributed by atoms with Crippen LogP contribution in [-0.2, 0) is 14.3 Å². The minimum absolute atomic E-state index is 0.260. The predicted octanol–water partition coefficient (Wildman–Crippen LogP) is 4.48. The van der Waals surface area contributed by atoms with Gasteiger partial charge in [-0.25, -0.2) is 9.48 Å². The zero-order valence-electron chi connectivity index (χ0n) is 19.1. The Labute approximate surface area is 188 Å². The zero-order valence-corrected chi connectivity index (χ0v) is 19.1. The summed E-state index contributed by atoms with van der Waals surface area (Å²) in [5.74, 6) is -0.128. The van der Waals surface area contributed by atoms with Crippen LogP contribution in [0, 0.1) is 20.8 Å². The van der Waals surface area contributed by atoms with Crippen molar-refractivity contribution in [3.63, 3.8) is 0 Å². The molecule has 0 aliphatic rings. The number of benzene rings is 2. The van der Waals surface area contributed by atoms with E-state index in [4.69, 9.17) is 9.47 Å². The van der Waals surface area contributed by atoms with E-state index in [9.17, 15) is 9.59 Å². The van der Waals surface area contributed by atoms with E-state index >= 15 is 0 Å². The fourth-order valence-corrected chi connectivity index (χ4v) is 3.39. The van der Waals surface area contributed by atoms with Crippen LogP contribution < -0.4 is 10.1 Å². The van der Waals surface area contributed by atoms with Crippen LogP contribution in [0.15, 0.2) is 48.5 Å².